The van der Waals surface area contributed by atoms with Gasteiger partial charge in [-0.25, -0.2) is 4.39 Å². The second-order valence-corrected chi connectivity index (χ2v) is 8.01. The summed E-state index contributed by atoms with van der Waals surface area (Å²) >= 11 is 0. The zero-order valence-electron chi connectivity index (χ0n) is 17.2. The molecule has 1 saturated heterocycles. The normalized spacial score (nSPS) is 21.6. The summed E-state index contributed by atoms with van der Waals surface area (Å²) in [6.07, 6.45) is 2.19. The molecular formula is C25H20FNO5. The van der Waals surface area contributed by atoms with Crippen LogP contribution in [0.5, 0.6) is 5.75 Å². The van der Waals surface area contributed by atoms with E-state index in [4.69, 9.17) is 9.15 Å². The second-order valence-electron chi connectivity index (χ2n) is 8.01. The molecule has 0 radical (unpaired) electrons. The molecule has 2 aliphatic rings. The molecule has 6 nitrogen and oxygen atoms in total. The van der Waals surface area contributed by atoms with E-state index in [0.29, 0.717) is 23.3 Å². The quantitative estimate of drug-likeness (QED) is 0.376. The number of carbonyl (C=O) groups excluding carboxylic acids is 2. The molecule has 2 unspecified atom stereocenters. The van der Waals surface area contributed by atoms with E-state index in [1.165, 1.54) is 35.4 Å². The lowest BCUT2D eigenvalue weighted by Gasteiger charge is -2.24. The fourth-order valence-electron chi connectivity index (χ4n) is 4.33. The molecule has 1 amide bonds. The highest BCUT2D eigenvalue weighted by Gasteiger charge is 2.46. The number of ketones is 1. The highest BCUT2D eigenvalue weighted by atomic mass is 19.1. The number of carbonyl (C=O) groups is 2. The molecular weight excluding hydrogens is 413 g/mol. The number of aliphatic hydroxyl groups is 1. The van der Waals surface area contributed by atoms with E-state index >= 15 is 0 Å². The van der Waals surface area contributed by atoms with Crippen LogP contribution in [0.1, 0.15) is 35.4 Å². The number of amides is 1. The first-order valence-electron chi connectivity index (χ1n) is 10.3. The molecule has 2 aliphatic heterocycles. The third-order valence-corrected chi connectivity index (χ3v) is 5.80. The van der Waals surface area contributed by atoms with Gasteiger partial charge in [0.1, 0.15) is 29.2 Å². The summed E-state index contributed by atoms with van der Waals surface area (Å²) in [5.41, 5.74) is 1.81. The first-order valence-corrected chi connectivity index (χ1v) is 10.3. The molecule has 0 saturated carbocycles. The van der Waals surface area contributed by atoms with Crippen molar-refractivity contribution in [2.75, 3.05) is 0 Å². The van der Waals surface area contributed by atoms with Gasteiger partial charge in [0.25, 0.3) is 11.7 Å². The molecule has 162 valence electrons. The van der Waals surface area contributed by atoms with Crippen LogP contribution < -0.4 is 4.74 Å². The van der Waals surface area contributed by atoms with Crippen molar-refractivity contribution >= 4 is 17.4 Å². The fraction of sp³-hybridized carbons (Fsp3) is 0.200. The summed E-state index contributed by atoms with van der Waals surface area (Å²) in [5.74, 6) is -1.04. The largest absolute Gasteiger partial charge is 0.507 e. The van der Waals surface area contributed by atoms with Crippen molar-refractivity contribution in [1.29, 1.82) is 0 Å². The van der Waals surface area contributed by atoms with E-state index in [2.05, 4.69) is 0 Å². The smallest absolute Gasteiger partial charge is 0.296 e. The summed E-state index contributed by atoms with van der Waals surface area (Å²) < 4.78 is 24.6. The molecule has 1 aromatic heterocycles. The second kappa shape index (κ2) is 7.67. The highest BCUT2D eigenvalue weighted by molar-refractivity contribution is 6.46. The van der Waals surface area contributed by atoms with Crippen molar-refractivity contribution in [3.63, 3.8) is 0 Å². The number of benzene rings is 2. The third-order valence-electron chi connectivity index (χ3n) is 5.80. The molecule has 3 aromatic rings. The Balaban J connectivity index is 1.63. The van der Waals surface area contributed by atoms with E-state index in [0.717, 1.165) is 11.3 Å². The molecule has 2 aromatic carbocycles. The van der Waals surface area contributed by atoms with Crippen molar-refractivity contribution in [1.82, 2.24) is 4.90 Å². The average molecular weight is 433 g/mol. The minimum atomic E-state index is -0.885. The van der Waals surface area contributed by atoms with E-state index in [9.17, 15) is 19.1 Å². The van der Waals surface area contributed by atoms with Crippen molar-refractivity contribution in [2.45, 2.75) is 32.0 Å². The Morgan fingerprint density at radius 1 is 1.16 bits per heavy atom. The summed E-state index contributed by atoms with van der Waals surface area (Å²) in [7, 11) is 0. The number of fused-ring (bicyclic) bond motifs is 1. The number of rotatable bonds is 4. The van der Waals surface area contributed by atoms with Crippen LogP contribution in [0, 0.1) is 5.82 Å². The minimum Gasteiger partial charge on any atom is -0.507 e. The SMILES string of the molecule is CC1Cc2cc(/C(O)=C3/C(=O)C(=O)N(Cc4ccco4)C3c3ccc(F)cc3)ccc2O1. The number of furan rings is 1. The predicted octanol–water partition coefficient (Wildman–Crippen LogP) is 4.36. The Morgan fingerprint density at radius 3 is 2.66 bits per heavy atom. The fourth-order valence-corrected chi connectivity index (χ4v) is 4.33. The van der Waals surface area contributed by atoms with Gasteiger partial charge in [-0.05, 0) is 60.5 Å². The van der Waals surface area contributed by atoms with Crippen LogP contribution in [0.3, 0.4) is 0 Å². The van der Waals surface area contributed by atoms with Gasteiger partial charge in [-0.2, -0.15) is 0 Å². The van der Waals surface area contributed by atoms with E-state index in [1.54, 1.807) is 30.3 Å². The number of Topliss-reactive ketones (excluding diaryl/α,β-unsaturated/α-hetero) is 1. The van der Waals surface area contributed by atoms with Crippen LogP contribution in [0.2, 0.25) is 0 Å². The lowest BCUT2D eigenvalue weighted by Crippen LogP contribution is -2.29. The zero-order chi connectivity index (χ0) is 22.4. The molecule has 7 heteroatoms. The maximum Gasteiger partial charge on any atom is 0.296 e. The average Bonchev–Trinajstić information content (AvgIpc) is 3.48. The number of nitrogens with zero attached hydrogens (tertiary/aromatic N) is 1. The van der Waals surface area contributed by atoms with Gasteiger partial charge in [0, 0.05) is 12.0 Å². The van der Waals surface area contributed by atoms with Gasteiger partial charge < -0.3 is 19.2 Å². The number of hydrogen-bond donors (Lipinski definition) is 1. The van der Waals surface area contributed by atoms with Gasteiger partial charge in [-0.15, -0.1) is 0 Å². The predicted molar refractivity (Wildman–Crippen MR) is 113 cm³/mol. The first-order chi connectivity index (χ1) is 15.4. The number of likely N-dealkylation sites (tertiary alicyclic amines) is 1. The van der Waals surface area contributed by atoms with Crippen LogP contribution in [0.4, 0.5) is 4.39 Å². The van der Waals surface area contributed by atoms with Crippen LogP contribution in [-0.2, 0) is 22.6 Å². The number of halogens is 1. The summed E-state index contributed by atoms with van der Waals surface area (Å²) in [4.78, 5) is 27.3. The maximum absolute atomic E-state index is 13.6. The molecule has 0 bridgehead atoms. The van der Waals surface area contributed by atoms with Crippen molar-refractivity contribution in [3.05, 3.63) is 94.7 Å². The van der Waals surface area contributed by atoms with Crippen LogP contribution in [0.15, 0.2) is 70.9 Å². The maximum atomic E-state index is 13.6. The molecule has 3 heterocycles. The Morgan fingerprint density at radius 2 is 1.94 bits per heavy atom. The molecule has 2 atom stereocenters. The Labute approximate surface area is 183 Å². The standard InChI is InChI=1S/C25H20FNO5/c1-14-11-17-12-16(6-9-20(17)32-14)23(28)21-22(15-4-7-18(26)8-5-15)27(25(30)24(21)29)13-19-3-2-10-31-19/h2-10,12,14,22,28H,11,13H2,1H3/b23-21-. The van der Waals surface area contributed by atoms with Gasteiger partial charge in [0.15, 0.2) is 0 Å². The number of aliphatic hydroxyl groups excluding tert-OH is 1. The van der Waals surface area contributed by atoms with E-state index in [-0.39, 0.29) is 24.0 Å². The number of ether oxygens (including phenoxy) is 1. The highest BCUT2D eigenvalue weighted by Crippen LogP contribution is 2.41. The van der Waals surface area contributed by atoms with Gasteiger partial charge in [0.2, 0.25) is 0 Å². The third kappa shape index (κ3) is 3.36. The van der Waals surface area contributed by atoms with Crippen molar-refractivity contribution in [3.8, 4) is 5.75 Å². The minimum absolute atomic E-state index is 0.0282. The molecule has 1 N–H and O–H groups in total. The topological polar surface area (TPSA) is 80.0 Å². The van der Waals surface area contributed by atoms with Crippen molar-refractivity contribution < 1.29 is 28.2 Å². The van der Waals surface area contributed by atoms with Gasteiger partial charge in [-0.1, -0.05) is 12.1 Å². The molecule has 0 aliphatic carbocycles. The summed E-state index contributed by atoms with van der Waals surface area (Å²) in [6.45, 7) is 1.99. The van der Waals surface area contributed by atoms with Crippen LogP contribution in [-0.4, -0.2) is 27.8 Å². The first kappa shape index (κ1) is 20.1. The van der Waals surface area contributed by atoms with Crippen LogP contribution >= 0.6 is 0 Å². The van der Waals surface area contributed by atoms with Crippen LogP contribution in [0.25, 0.3) is 5.76 Å². The number of hydrogen-bond acceptors (Lipinski definition) is 5. The Kier molecular flexibility index (Phi) is 4.81. The summed E-state index contributed by atoms with van der Waals surface area (Å²) in [6, 6.07) is 13.2. The monoisotopic (exact) mass is 433 g/mol. The molecule has 1 fully saturated rings. The summed E-state index contributed by atoms with van der Waals surface area (Å²) in [5, 5.41) is 11.2. The molecule has 5 rings (SSSR count). The Bertz CT molecular complexity index is 1230. The van der Waals surface area contributed by atoms with Crippen molar-refractivity contribution in [2.24, 2.45) is 0 Å². The molecule has 32 heavy (non-hydrogen) atoms. The zero-order valence-corrected chi connectivity index (χ0v) is 17.2. The van der Waals surface area contributed by atoms with Gasteiger partial charge >= 0.3 is 0 Å². The Hall–Kier alpha value is -3.87. The molecule has 0 spiro atoms. The van der Waals surface area contributed by atoms with Gasteiger partial charge in [-0.3, -0.25) is 9.59 Å². The van der Waals surface area contributed by atoms with E-state index in [1.807, 2.05) is 6.92 Å². The van der Waals surface area contributed by atoms with E-state index < -0.39 is 23.5 Å². The van der Waals surface area contributed by atoms with Gasteiger partial charge in [0.05, 0.1) is 24.4 Å². The lowest BCUT2D eigenvalue weighted by molar-refractivity contribution is -0.140. The lowest BCUT2D eigenvalue weighted by atomic mass is 9.94.